The number of ether oxygens (including phenoxy) is 2. The van der Waals surface area contributed by atoms with Gasteiger partial charge in [-0.05, 0) is 23.8 Å². The molecule has 1 aliphatic rings. The first-order valence-corrected chi connectivity index (χ1v) is 9.10. The van der Waals surface area contributed by atoms with Crippen LogP contribution in [-0.4, -0.2) is 28.9 Å². The number of amides is 1. The van der Waals surface area contributed by atoms with Crippen LogP contribution < -0.4 is 14.8 Å². The van der Waals surface area contributed by atoms with E-state index in [9.17, 15) is 10.1 Å². The quantitative estimate of drug-likeness (QED) is 0.537. The lowest BCUT2D eigenvalue weighted by atomic mass is 10.2. The van der Waals surface area contributed by atoms with Crippen molar-refractivity contribution >= 4 is 17.7 Å². The lowest BCUT2D eigenvalue weighted by molar-refractivity contribution is -0.112. The van der Waals surface area contributed by atoms with Gasteiger partial charge in [-0.1, -0.05) is 30.3 Å². The molecule has 0 atom stereocenters. The van der Waals surface area contributed by atoms with Gasteiger partial charge in [0, 0.05) is 23.5 Å². The second kappa shape index (κ2) is 8.31. The van der Waals surface area contributed by atoms with Crippen LogP contribution in [0.2, 0.25) is 0 Å². The molecule has 7 nitrogen and oxygen atoms in total. The fourth-order valence-electron chi connectivity index (χ4n) is 2.95. The molecule has 0 fully saturated rings. The maximum Gasteiger partial charge on any atom is 0.266 e. The van der Waals surface area contributed by atoms with Crippen LogP contribution in [0.1, 0.15) is 11.1 Å². The third-order valence-corrected chi connectivity index (χ3v) is 4.32. The summed E-state index contributed by atoms with van der Waals surface area (Å²) in [6.07, 6.45) is 4.93. The molecular weight excluding hydrogens is 368 g/mol. The molecule has 4 rings (SSSR count). The Kier molecular flexibility index (Phi) is 5.25. The van der Waals surface area contributed by atoms with Crippen molar-refractivity contribution in [3.8, 4) is 17.6 Å². The Bertz CT molecular complexity index is 1100. The molecule has 1 aliphatic heterocycles. The maximum atomic E-state index is 12.5. The molecule has 0 saturated heterocycles. The van der Waals surface area contributed by atoms with Gasteiger partial charge in [0.15, 0.2) is 11.5 Å². The highest BCUT2D eigenvalue weighted by molar-refractivity contribution is 6.09. The highest BCUT2D eigenvalue weighted by Crippen LogP contribution is 2.32. The summed E-state index contributed by atoms with van der Waals surface area (Å²) in [7, 11) is 0. The summed E-state index contributed by atoms with van der Waals surface area (Å²) in [4.78, 5) is 12.5. The standard InChI is InChI=1S/C22H18N4O3/c23-12-18(10-17-13-24-26(15-17)14-16-4-2-1-3-5-16)22(27)25-19-6-7-20-21(11-19)29-9-8-28-20/h1-7,10-11,13,15H,8-9,14H2,(H,25,27)/b18-10+. The predicted molar refractivity (Wildman–Crippen MR) is 107 cm³/mol. The Morgan fingerprint density at radius 3 is 2.76 bits per heavy atom. The molecule has 2 heterocycles. The van der Waals surface area contributed by atoms with E-state index in [4.69, 9.17) is 9.47 Å². The average Bonchev–Trinajstić information content (AvgIpc) is 3.19. The number of aromatic nitrogens is 2. The lowest BCUT2D eigenvalue weighted by Crippen LogP contribution is -2.17. The number of carbonyl (C=O) groups excluding carboxylic acids is 1. The highest BCUT2D eigenvalue weighted by atomic mass is 16.6. The molecule has 1 N–H and O–H groups in total. The zero-order valence-electron chi connectivity index (χ0n) is 15.5. The van der Waals surface area contributed by atoms with Gasteiger partial charge in [0.2, 0.25) is 0 Å². The summed E-state index contributed by atoms with van der Waals surface area (Å²) in [5, 5.41) is 16.4. The van der Waals surface area contributed by atoms with Gasteiger partial charge in [-0.25, -0.2) is 0 Å². The van der Waals surface area contributed by atoms with E-state index in [1.807, 2.05) is 36.4 Å². The molecule has 29 heavy (non-hydrogen) atoms. The highest BCUT2D eigenvalue weighted by Gasteiger charge is 2.15. The molecule has 0 saturated carbocycles. The van der Waals surface area contributed by atoms with Crippen LogP contribution in [0.3, 0.4) is 0 Å². The molecule has 2 aromatic carbocycles. The Balaban J connectivity index is 1.46. The minimum atomic E-state index is -0.500. The van der Waals surface area contributed by atoms with Gasteiger partial charge in [0.05, 0.1) is 12.7 Å². The molecule has 0 unspecified atom stereocenters. The van der Waals surface area contributed by atoms with Gasteiger partial charge in [-0.2, -0.15) is 10.4 Å². The Morgan fingerprint density at radius 1 is 1.17 bits per heavy atom. The van der Waals surface area contributed by atoms with Crippen LogP contribution in [-0.2, 0) is 11.3 Å². The Hall–Kier alpha value is -4.05. The van der Waals surface area contributed by atoms with Crippen molar-refractivity contribution in [2.24, 2.45) is 0 Å². The number of nitrogens with zero attached hydrogens (tertiary/aromatic N) is 3. The van der Waals surface area contributed by atoms with Crippen molar-refractivity contribution in [3.05, 3.63) is 77.6 Å². The fourth-order valence-corrected chi connectivity index (χ4v) is 2.95. The number of anilines is 1. The molecule has 0 aliphatic carbocycles. The van der Waals surface area contributed by atoms with Crippen molar-refractivity contribution in [3.63, 3.8) is 0 Å². The van der Waals surface area contributed by atoms with Crippen LogP contribution in [0.15, 0.2) is 66.5 Å². The zero-order valence-corrected chi connectivity index (χ0v) is 15.5. The number of hydrogen-bond donors (Lipinski definition) is 1. The molecule has 0 radical (unpaired) electrons. The van der Waals surface area contributed by atoms with E-state index in [2.05, 4.69) is 10.4 Å². The predicted octanol–water partition coefficient (Wildman–Crippen LogP) is 3.25. The first-order valence-electron chi connectivity index (χ1n) is 9.10. The molecule has 0 spiro atoms. The fraction of sp³-hybridized carbons (Fsp3) is 0.136. The normalized spacial score (nSPS) is 12.9. The molecule has 0 bridgehead atoms. The van der Waals surface area contributed by atoms with Crippen molar-refractivity contribution in [1.29, 1.82) is 5.26 Å². The van der Waals surface area contributed by atoms with Crippen LogP contribution in [0.4, 0.5) is 5.69 Å². The number of nitriles is 1. The second-order valence-corrected chi connectivity index (χ2v) is 6.44. The summed E-state index contributed by atoms with van der Waals surface area (Å²) < 4.78 is 12.7. The third-order valence-electron chi connectivity index (χ3n) is 4.32. The number of hydrogen-bond acceptors (Lipinski definition) is 5. The van der Waals surface area contributed by atoms with Gasteiger partial charge >= 0.3 is 0 Å². The number of fused-ring (bicyclic) bond motifs is 1. The number of nitrogens with one attached hydrogen (secondary N) is 1. The molecule has 1 aromatic heterocycles. The SMILES string of the molecule is N#C/C(=C\c1cnn(Cc2ccccc2)c1)C(=O)Nc1ccc2c(c1)OCCO2. The number of benzene rings is 2. The Morgan fingerprint density at radius 2 is 1.97 bits per heavy atom. The third kappa shape index (κ3) is 4.45. The first kappa shape index (κ1) is 18.3. The van der Waals surface area contributed by atoms with E-state index in [-0.39, 0.29) is 5.57 Å². The van der Waals surface area contributed by atoms with Crippen LogP contribution in [0.5, 0.6) is 11.5 Å². The smallest absolute Gasteiger partial charge is 0.266 e. The summed E-state index contributed by atoms with van der Waals surface area (Å²) in [5.74, 6) is 0.704. The van der Waals surface area contributed by atoms with Crippen molar-refractivity contribution in [2.75, 3.05) is 18.5 Å². The van der Waals surface area contributed by atoms with E-state index in [0.717, 1.165) is 5.56 Å². The number of rotatable bonds is 5. The monoisotopic (exact) mass is 386 g/mol. The minimum Gasteiger partial charge on any atom is -0.486 e. The van der Waals surface area contributed by atoms with E-state index in [1.165, 1.54) is 6.08 Å². The van der Waals surface area contributed by atoms with Crippen LogP contribution in [0, 0.1) is 11.3 Å². The first-order chi connectivity index (χ1) is 14.2. The molecule has 3 aromatic rings. The van der Waals surface area contributed by atoms with Crippen LogP contribution >= 0.6 is 0 Å². The number of carbonyl (C=O) groups is 1. The van der Waals surface area contributed by atoms with Gasteiger partial charge in [-0.15, -0.1) is 0 Å². The van der Waals surface area contributed by atoms with Crippen LogP contribution in [0.25, 0.3) is 6.08 Å². The molecule has 7 heteroatoms. The van der Waals surface area contributed by atoms with Gasteiger partial charge < -0.3 is 14.8 Å². The minimum absolute atomic E-state index is 0.0147. The van der Waals surface area contributed by atoms with Gasteiger partial charge in [0.1, 0.15) is 24.9 Å². The van der Waals surface area contributed by atoms with E-state index in [1.54, 1.807) is 35.3 Å². The van der Waals surface area contributed by atoms with Crippen molar-refractivity contribution in [1.82, 2.24) is 9.78 Å². The molecule has 1 amide bonds. The topological polar surface area (TPSA) is 89.2 Å². The van der Waals surface area contributed by atoms with Gasteiger partial charge in [-0.3, -0.25) is 9.48 Å². The molecule has 144 valence electrons. The summed E-state index contributed by atoms with van der Waals surface area (Å²) >= 11 is 0. The van der Waals surface area contributed by atoms with Crippen molar-refractivity contribution in [2.45, 2.75) is 6.54 Å². The Labute approximate surface area is 167 Å². The molecular formula is C22H18N4O3. The lowest BCUT2D eigenvalue weighted by Gasteiger charge is -2.18. The summed E-state index contributed by atoms with van der Waals surface area (Å²) in [6.45, 7) is 1.57. The zero-order chi connectivity index (χ0) is 20.1. The van der Waals surface area contributed by atoms with E-state index < -0.39 is 5.91 Å². The average molecular weight is 386 g/mol. The van der Waals surface area contributed by atoms with Crippen molar-refractivity contribution < 1.29 is 14.3 Å². The van der Waals surface area contributed by atoms with E-state index in [0.29, 0.717) is 42.5 Å². The second-order valence-electron chi connectivity index (χ2n) is 6.44. The van der Waals surface area contributed by atoms with Gasteiger partial charge in [0.25, 0.3) is 5.91 Å². The van der Waals surface area contributed by atoms with E-state index >= 15 is 0 Å². The summed E-state index contributed by atoms with van der Waals surface area (Å²) in [5.41, 5.74) is 2.30. The largest absolute Gasteiger partial charge is 0.486 e. The summed E-state index contributed by atoms with van der Waals surface area (Å²) in [6, 6.07) is 17.0. The maximum absolute atomic E-state index is 12.5.